The van der Waals surface area contributed by atoms with E-state index in [2.05, 4.69) is 19.8 Å². The van der Waals surface area contributed by atoms with Crippen LogP contribution in [0.1, 0.15) is 56.8 Å². The van der Waals surface area contributed by atoms with Gasteiger partial charge in [0.25, 0.3) is 0 Å². The molecule has 2 heterocycles. The molecule has 0 aromatic carbocycles. The molecule has 0 spiro atoms. The minimum atomic E-state index is -3.59. The van der Waals surface area contributed by atoms with Crippen molar-refractivity contribution in [3.8, 4) is 0 Å². The van der Waals surface area contributed by atoms with Crippen LogP contribution in [0, 0.1) is 0 Å². The number of nitrogens with zero attached hydrogens (tertiary/aromatic N) is 3. The van der Waals surface area contributed by atoms with E-state index in [9.17, 15) is 8.42 Å². The molecule has 2 aromatic heterocycles. The lowest BCUT2D eigenvalue weighted by Crippen LogP contribution is -2.16. The Bertz CT molecular complexity index is 787. The molecule has 3 rings (SSSR count). The Morgan fingerprint density at radius 3 is 2.43 bits per heavy atom. The van der Waals surface area contributed by atoms with Crippen LogP contribution in [0.25, 0.3) is 0 Å². The summed E-state index contributed by atoms with van der Waals surface area (Å²) in [5, 5.41) is 3.83. The molecule has 23 heavy (non-hydrogen) atoms. The zero-order valence-electron chi connectivity index (χ0n) is 13.4. The van der Waals surface area contributed by atoms with Crippen LogP contribution >= 0.6 is 0 Å². The van der Waals surface area contributed by atoms with E-state index in [-0.39, 0.29) is 11.2 Å². The fourth-order valence-electron chi connectivity index (χ4n) is 2.09. The first-order valence-electron chi connectivity index (χ1n) is 7.51. The summed E-state index contributed by atoms with van der Waals surface area (Å²) < 4.78 is 32.1. The van der Waals surface area contributed by atoms with E-state index >= 15 is 0 Å². The quantitative estimate of drug-likeness (QED) is 0.901. The minimum Gasteiger partial charge on any atom is -0.361 e. The number of rotatable bonds is 5. The molecule has 0 atom stereocenters. The molecule has 8 heteroatoms. The number of nitrogens with one attached hydrogen (secondary N) is 1. The van der Waals surface area contributed by atoms with E-state index in [1.165, 1.54) is 12.4 Å². The van der Waals surface area contributed by atoms with Crippen molar-refractivity contribution >= 4 is 15.7 Å². The van der Waals surface area contributed by atoms with Crippen LogP contribution in [0.2, 0.25) is 0 Å². The summed E-state index contributed by atoms with van der Waals surface area (Å²) in [6, 6.07) is 1.67. The number of hydrogen-bond donors (Lipinski definition) is 1. The van der Waals surface area contributed by atoms with Gasteiger partial charge in [0.15, 0.2) is 0 Å². The van der Waals surface area contributed by atoms with Crippen LogP contribution in [-0.2, 0) is 21.2 Å². The number of hydrogen-bond acceptors (Lipinski definition) is 6. The monoisotopic (exact) mass is 336 g/mol. The SMILES string of the molecule is CC(C)(C)c1cc(CS(=O)(=O)Nc2cnc(C3CC3)nc2)no1. The average molecular weight is 336 g/mol. The van der Waals surface area contributed by atoms with Crippen molar-refractivity contribution in [2.45, 2.75) is 50.7 Å². The van der Waals surface area contributed by atoms with Crippen molar-refractivity contribution in [1.82, 2.24) is 15.1 Å². The van der Waals surface area contributed by atoms with E-state index in [0.29, 0.717) is 23.1 Å². The van der Waals surface area contributed by atoms with E-state index in [1.807, 2.05) is 20.8 Å². The molecular formula is C15H20N4O3S. The van der Waals surface area contributed by atoms with Crippen LogP contribution in [-0.4, -0.2) is 23.5 Å². The molecule has 1 fully saturated rings. The largest absolute Gasteiger partial charge is 0.361 e. The predicted octanol–water partition coefficient (Wildman–Crippen LogP) is 2.58. The highest BCUT2D eigenvalue weighted by Crippen LogP contribution is 2.37. The van der Waals surface area contributed by atoms with Crippen LogP contribution in [0.5, 0.6) is 0 Å². The fourth-order valence-corrected chi connectivity index (χ4v) is 3.15. The summed E-state index contributed by atoms with van der Waals surface area (Å²) in [7, 11) is -3.59. The van der Waals surface area contributed by atoms with E-state index in [1.54, 1.807) is 6.07 Å². The predicted molar refractivity (Wildman–Crippen MR) is 85.5 cm³/mol. The highest BCUT2D eigenvalue weighted by Gasteiger charge is 2.26. The first kappa shape index (κ1) is 15.9. The summed E-state index contributed by atoms with van der Waals surface area (Å²) in [4.78, 5) is 8.39. The Morgan fingerprint density at radius 2 is 1.91 bits per heavy atom. The second-order valence-electron chi connectivity index (χ2n) is 6.90. The molecule has 1 aliphatic rings. The Labute approximate surface area is 135 Å². The molecule has 1 N–H and O–H groups in total. The van der Waals surface area contributed by atoms with Crippen molar-refractivity contribution in [3.05, 3.63) is 35.7 Å². The molecule has 124 valence electrons. The van der Waals surface area contributed by atoms with Gasteiger partial charge in [0.05, 0.1) is 18.1 Å². The van der Waals surface area contributed by atoms with Crippen molar-refractivity contribution < 1.29 is 12.9 Å². The maximum Gasteiger partial charge on any atom is 0.238 e. The van der Waals surface area contributed by atoms with E-state index < -0.39 is 10.0 Å². The molecule has 0 saturated heterocycles. The Hall–Kier alpha value is -1.96. The third-order valence-corrected chi connectivity index (χ3v) is 4.75. The maximum atomic E-state index is 12.2. The van der Waals surface area contributed by atoms with Gasteiger partial charge in [0.2, 0.25) is 10.0 Å². The summed E-state index contributed by atoms with van der Waals surface area (Å²) in [6.45, 7) is 5.93. The average Bonchev–Trinajstić information content (AvgIpc) is 3.18. The molecule has 0 radical (unpaired) electrons. The Balaban J connectivity index is 1.67. The lowest BCUT2D eigenvalue weighted by Gasteiger charge is -2.12. The molecule has 0 amide bonds. The third-order valence-electron chi connectivity index (χ3n) is 3.52. The van der Waals surface area contributed by atoms with Crippen LogP contribution < -0.4 is 4.72 Å². The number of sulfonamides is 1. The maximum absolute atomic E-state index is 12.2. The molecule has 0 aliphatic heterocycles. The lowest BCUT2D eigenvalue weighted by atomic mass is 9.93. The number of aromatic nitrogens is 3. The standard InChI is InChI=1S/C15H20N4O3S/c1-15(2,3)13-6-11(18-22-13)9-23(20,21)19-12-7-16-14(17-8-12)10-4-5-10/h6-8,10,19H,4-5,9H2,1-3H3. The minimum absolute atomic E-state index is 0.213. The second-order valence-corrected chi connectivity index (χ2v) is 8.62. The normalized spacial score (nSPS) is 15.6. The zero-order valence-corrected chi connectivity index (χ0v) is 14.2. The molecular weight excluding hydrogens is 316 g/mol. The highest BCUT2D eigenvalue weighted by atomic mass is 32.2. The number of anilines is 1. The van der Waals surface area contributed by atoms with Crippen molar-refractivity contribution in [3.63, 3.8) is 0 Å². The fraction of sp³-hybridized carbons (Fsp3) is 0.533. The molecule has 0 unspecified atom stereocenters. The van der Waals surface area contributed by atoms with E-state index in [4.69, 9.17) is 4.52 Å². The van der Waals surface area contributed by atoms with Gasteiger partial charge in [0, 0.05) is 17.4 Å². The first-order chi connectivity index (χ1) is 10.7. The lowest BCUT2D eigenvalue weighted by molar-refractivity contribution is 0.327. The first-order valence-corrected chi connectivity index (χ1v) is 9.17. The van der Waals surface area contributed by atoms with Gasteiger partial charge in [-0.05, 0) is 12.8 Å². The van der Waals surface area contributed by atoms with Gasteiger partial charge in [-0.1, -0.05) is 25.9 Å². The highest BCUT2D eigenvalue weighted by molar-refractivity contribution is 7.91. The van der Waals surface area contributed by atoms with Gasteiger partial charge in [-0.2, -0.15) is 0 Å². The Morgan fingerprint density at radius 1 is 1.26 bits per heavy atom. The van der Waals surface area contributed by atoms with Crippen LogP contribution in [0.15, 0.2) is 23.0 Å². The van der Waals surface area contributed by atoms with Gasteiger partial charge >= 0.3 is 0 Å². The summed E-state index contributed by atoms with van der Waals surface area (Å²) >= 11 is 0. The van der Waals surface area contributed by atoms with E-state index in [0.717, 1.165) is 18.7 Å². The van der Waals surface area contributed by atoms with Crippen molar-refractivity contribution in [2.24, 2.45) is 0 Å². The summed E-state index contributed by atoms with van der Waals surface area (Å²) in [6.07, 6.45) is 5.21. The van der Waals surface area contributed by atoms with Crippen molar-refractivity contribution in [2.75, 3.05) is 4.72 Å². The van der Waals surface area contributed by atoms with Crippen LogP contribution in [0.4, 0.5) is 5.69 Å². The molecule has 7 nitrogen and oxygen atoms in total. The zero-order chi connectivity index (χ0) is 16.7. The Kier molecular flexibility index (Phi) is 3.87. The molecule has 2 aromatic rings. The van der Waals surface area contributed by atoms with Crippen molar-refractivity contribution in [1.29, 1.82) is 0 Å². The second kappa shape index (κ2) is 5.59. The van der Waals surface area contributed by atoms with Gasteiger partial charge < -0.3 is 4.52 Å². The summed E-state index contributed by atoms with van der Waals surface area (Å²) in [5.74, 6) is 1.61. The third kappa shape index (κ3) is 4.07. The van der Waals surface area contributed by atoms with Gasteiger partial charge in [-0.25, -0.2) is 18.4 Å². The summed E-state index contributed by atoms with van der Waals surface area (Å²) in [5.41, 5.74) is 0.515. The van der Waals surface area contributed by atoms with Gasteiger partial charge in [-0.3, -0.25) is 4.72 Å². The molecule has 0 bridgehead atoms. The topological polar surface area (TPSA) is 98.0 Å². The smallest absolute Gasteiger partial charge is 0.238 e. The van der Waals surface area contributed by atoms with Crippen LogP contribution in [0.3, 0.4) is 0 Å². The van der Waals surface area contributed by atoms with Gasteiger partial charge in [-0.15, -0.1) is 0 Å². The molecule has 1 aliphatic carbocycles. The molecule has 1 saturated carbocycles. The van der Waals surface area contributed by atoms with Gasteiger partial charge in [0.1, 0.15) is 23.0 Å².